The van der Waals surface area contributed by atoms with Crippen LogP contribution >= 0.6 is 0 Å². The van der Waals surface area contributed by atoms with E-state index in [1.165, 1.54) is 12.8 Å². The lowest BCUT2D eigenvalue weighted by molar-refractivity contribution is -0.167. The lowest BCUT2D eigenvalue weighted by atomic mass is 10.1. The summed E-state index contributed by atoms with van der Waals surface area (Å²) in [5.74, 6) is -1.00. The molecule has 72 heavy (non-hydrogen) atoms. The number of carbonyl (C=O) groups is 3. The molecule has 0 aromatic rings. The van der Waals surface area contributed by atoms with Crippen molar-refractivity contribution in [3.63, 3.8) is 0 Å². The SMILES string of the molecule is CC/C=C\C/C=C\C/C=C\C/C=C\C/C=C\C/C=C\C/C=C\CCCCCC(=O)OCC(COC(=O)CCCCCCC/C=C\CCC)OC(=O)CCCCC/C=C\C/C=C\C/C=C\C/C=C\C/C=C\CC. The maximum atomic E-state index is 12.8. The summed E-state index contributed by atoms with van der Waals surface area (Å²) in [6, 6.07) is 0. The summed E-state index contributed by atoms with van der Waals surface area (Å²) in [4.78, 5) is 38.1. The summed E-state index contributed by atoms with van der Waals surface area (Å²) in [6.45, 7) is 6.26. The highest BCUT2D eigenvalue weighted by Crippen LogP contribution is 2.12. The van der Waals surface area contributed by atoms with Crippen molar-refractivity contribution in [1.29, 1.82) is 0 Å². The Hall–Kier alpha value is -4.97. The van der Waals surface area contributed by atoms with Crippen molar-refractivity contribution in [3.05, 3.63) is 158 Å². The minimum atomic E-state index is -0.821. The smallest absolute Gasteiger partial charge is 0.306 e. The molecule has 0 bridgehead atoms. The Balaban J connectivity index is 4.47. The molecule has 0 amide bonds. The van der Waals surface area contributed by atoms with Crippen LogP contribution in [0.5, 0.6) is 0 Å². The van der Waals surface area contributed by atoms with Crippen LogP contribution in [0.3, 0.4) is 0 Å². The number of carbonyl (C=O) groups excluding carboxylic acids is 3. The molecule has 0 aliphatic heterocycles. The van der Waals surface area contributed by atoms with Crippen LogP contribution < -0.4 is 0 Å². The highest BCUT2D eigenvalue weighted by atomic mass is 16.6. The van der Waals surface area contributed by atoms with Crippen LogP contribution in [0.15, 0.2) is 158 Å². The largest absolute Gasteiger partial charge is 0.462 e. The first-order valence-electron chi connectivity index (χ1n) is 28.5. The number of ether oxygens (including phenoxy) is 3. The van der Waals surface area contributed by atoms with E-state index in [2.05, 4.69) is 179 Å². The van der Waals surface area contributed by atoms with Crippen molar-refractivity contribution in [1.82, 2.24) is 0 Å². The van der Waals surface area contributed by atoms with Crippen molar-refractivity contribution in [2.24, 2.45) is 0 Å². The van der Waals surface area contributed by atoms with Gasteiger partial charge in [0.2, 0.25) is 0 Å². The second-order valence-electron chi connectivity index (χ2n) is 18.1. The molecule has 6 nitrogen and oxygen atoms in total. The van der Waals surface area contributed by atoms with E-state index in [1.807, 2.05) is 0 Å². The van der Waals surface area contributed by atoms with E-state index in [1.54, 1.807) is 0 Å². The highest BCUT2D eigenvalue weighted by Gasteiger charge is 2.19. The maximum Gasteiger partial charge on any atom is 0.306 e. The monoisotopic (exact) mass is 991 g/mol. The van der Waals surface area contributed by atoms with Crippen LogP contribution in [0.2, 0.25) is 0 Å². The Labute approximate surface area is 441 Å². The Kier molecular flexibility index (Phi) is 54.6. The van der Waals surface area contributed by atoms with Gasteiger partial charge in [-0.2, -0.15) is 0 Å². The zero-order chi connectivity index (χ0) is 52.2. The van der Waals surface area contributed by atoms with Crippen LogP contribution in [0, 0.1) is 0 Å². The van der Waals surface area contributed by atoms with Gasteiger partial charge in [-0.15, -0.1) is 0 Å². The lowest BCUT2D eigenvalue weighted by Gasteiger charge is -2.18. The van der Waals surface area contributed by atoms with E-state index in [0.717, 1.165) is 161 Å². The van der Waals surface area contributed by atoms with Crippen LogP contribution in [0.4, 0.5) is 0 Å². The van der Waals surface area contributed by atoms with Crippen molar-refractivity contribution in [3.8, 4) is 0 Å². The van der Waals surface area contributed by atoms with E-state index < -0.39 is 6.10 Å². The highest BCUT2D eigenvalue weighted by molar-refractivity contribution is 5.71. The average Bonchev–Trinajstić information content (AvgIpc) is 3.38. The molecular weight excluding hydrogens is 889 g/mol. The average molecular weight is 992 g/mol. The third-order valence-electron chi connectivity index (χ3n) is 11.2. The first-order valence-corrected chi connectivity index (χ1v) is 28.5. The van der Waals surface area contributed by atoms with Gasteiger partial charge in [-0.3, -0.25) is 14.4 Å². The molecule has 0 fully saturated rings. The number of allylic oxidation sites excluding steroid dienone is 26. The van der Waals surface area contributed by atoms with Crippen molar-refractivity contribution in [2.45, 2.75) is 226 Å². The fraction of sp³-hybridized carbons (Fsp3) is 0.561. The molecule has 0 aromatic carbocycles. The van der Waals surface area contributed by atoms with Gasteiger partial charge < -0.3 is 14.2 Å². The normalized spacial score (nSPS) is 13.3. The minimum Gasteiger partial charge on any atom is -0.462 e. The van der Waals surface area contributed by atoms with E-state index in [9.17, 15) is 14.4 Å². The number of hydrogen-bond acceptors (Lipinski definition) is 6. The summed E-state index contributed by atoms with van der Waals surface area (Å²) in [5.41, 5.74) is 0. The predicted octanol–water partition coefficient (Wildman–Crippen LogP) is 19.4. The van der Waals surface area contributed by atoms with Crippen LogP contribution in [0.1, 0.15) is 220 Å². The van der Waals surface area contributed by atoms with Crippen LogP contribution in [-0.4, -0.2) is 37.2 Å². The van der Waals surface area contributed by atoms with E-state index >= 15 is 0 Å². The maximum absolute atomic E-state index is 12.8. The molecule has 0 aliphatic rings. The lowest BCUT2D eigenvalue weighted by Crippen LogP contribution is -2.30. The van der Waals surface area contributed by atoms with Gasteiger partial charge in [0.05, 0.1) is 0 Å². The Bertz CT molecular complexity index is 1660. The number of hydrogen-bond donors (Lipinski definition) is 0. The molecule has 0 radical (unpaired) electrons. The molecule has 0 aromatic heterocycles. The van der Waals surface area contributed by atoms with Crippen molar-refractivity contribution in [2.75, 3.05) is 13.2 Å². The van der Waals surface area contributed by atoms with Crippen LogP contribution in [0.25, 0.3) is 0 Å². The predicted molar refractivity (Wildman–Crippen MR) is 311 cm³/mol. The first kappa shape index (κ1) is 67.0. The van der Waals surface area contributed by atoms with Crippen LogP contribution in [-0.2, 0) is 28.6 Å². The van der Waals surface area contributed by atoms with Gasteiger partial charge in [-0.25, -0.2) is 0 Å². The molecule has 0 aliphatic carbocycles. The third-order valence-corrected chi connectivity index (χ3v) is 11.2. The Morgan fingerprint density at radius 2 is 0.542 bits per heavy atom. The summed E-state index contributed by atoms with van der Waals surface area (Å²) in [7, 11) is 0. The third kappa shape index (κ3) is 56.0. The van der Waals surface area contributed by atoms with Gasteiger partial charge in [0.25, 0.3) is 0 Å². The summed E-state index contributed by atoms with van der Waals surface area (Å²) in [5, 5.41) is 0. The molecule has 1 unspecified atom stereocenters. The minimum absolute atomic E-state index is 0.114. The van der Waals surface area contributed by atoms with E-state index in [0.29, 0.717) is 19.3 Å². The quantitative estimate of drug-likeness (QED) is 0.0262. The second-order valence-corrected chi connectivity index (χ2v) is 18.1. The molecule has 0 saturated carbocycles. The van der Waals surface area contributed by atoms with E-state index in [4.69, 9.17) is 14.2 Å². The topological polar surface area (TPSA) is 78.9 Å². The number of unbranched alkanes of at least 4 members (excludes halogenated alkanes) is 12. The second kappa shape index (κ2) is 58.6. The molecule has 0 spiro atoms. The fourth-order valence-corrected chi connectivity index (χ4v) is 7.04. The Morgan fingerprint density at radius 3 is 0.875 bits per heavy atom. The Morgan fingerprint density at radius 1 is 0.292 bits per heavy atom. The van der Waals surface area contributed by atoms with Gasteiger partial charge in [0, 0.05) is 19.3 Å². The molecule has 402 valence electrons. The molecule has 0 heterocycles. The zero-order valence-corrected chi connectivity index (χ0v) is 45.9. The molecule has 0 saturated heterocycles. The van der Waals surface area contributed by atoms with Crippen molar-refractivity contribution >= 4 is 17.9 Å². The molecule has 1 atom stereocenters. The number of esters is 3. The fourth-order valence-electron chi connectivity index (χ4n) is 7.04. The van der Waals surface area contributed by atoms with E-state index in [-0.39, 0.29) is 37.5 Å². The standard InChI is InChI=1S/C66H102O6/c1-4-7-10-13-16-19-22-24-26-28-30-31-32-33-34-35-37-38-40-42-44-47-50-53-56-59-65(68)71-62-63(61-70-64(67)58-55-52-49-46-21-18-15-12-9-6-3)72-66(69)60-57-54-51-48-45-43-41-39-36-29-27-25-23-20-17-14-11-8-5-2/h7-8,10-12,15-17,19-20,24-27,30-31,33-34,36-39,42-45,63H,4-6,9,13-14,18,21-23,28-29,32,35,40-41,46-62H2,1-3H3/b10-7-,11-8-,15-12-,19-16-,20-17-,26-24-,27-25-,31-30-,34-33-,38-37-,39-36-,44-42-,45-43-. The molecule has 0 rings (SSSR count). The first-order chi connectivity index (χ1) is 35.5. The summed E-state index contributed by atoms with van der Waals surface area (Å²) < 4.78 is 16.8. The zero-order valence-electron chi connectivity index (χ0n) is 45.9. The molecular formula is C66H102O6. The summed E-state index contributed by atoms with van der Waals surface area (Å²) in [6.07, 6.45) is 85.2. The van der Waals surface area contributed by atoms with Gasteiger partial charge in [-0.1, -0.05) is 217 Å². The van der Waals surface area contributed by atoms with Gasteiger partial charge >= 0.3 is 17.9 Å². The molecule has 6 heteroatoms. The number of rotatable bonds is 49. The molecule has 0 N–H and O–H groups in total. The van der Waals surface area contributed by atoms with Gasteiger partial charge in [0.15, 0.2) is 6.10 Å². The van der Waals surface area contributed by atoms with Gasteiger partial charge in [-0.05, 0) is 141 Å². The van der Waals surface area contributed by atoms with Gasteiger partial charge in [0.1, 0.15) is 13.2 Å². The van der Waals surface area contributed by atoms with Crippen molar-refractivity contribution < 1.29 is 28.6 Å². The summed E-state index contributed by atoms with van der Waals surface area (Å²) >= 11 is 0.